The monoisotopic (exact) mass is 508 g/mol. The SMILES string of the molecule is O=C(NCc1ccccc1)c1c(/N=C\c2ccc(-c3cc(Cl)ccc3Cl)o2)sc2c1CCCC2. The predicted molar refractivity (Wildman–Crippen MR) is 140 cm³/mol. The number of carbonyl (C=O) groups is 1. The smallest absolute Gasteiger partial charge is 0.254 e. The molecule has 0 saturated heterocycles. The van der Waals surface area contributed by atoms with Crippen LogP contribution in [-0.2, 0) is 19.4 Å². The average molecular weight is 509 g/mol. The highest BCUT2D eigenvalue weighted by Crippen LogP contribution is 2.40. The first-order valence-corrected chi connectivity index (χ1v) is 12.7. The van der Waals surface area contributed by atoms with Gasteiger partial charge < -0.3 is 9.73 Å². The first-order chi connectivity index (χ1) is 16.6. The van der Waals surface area contributed by atoms with Crippen LogP contribution in [0.5, 0.6) is 0 Å². The topological polar surface area (TPSA) is 54.6 Å². The zero-order chi connectivity index (χ0) is 23.5. The van der Waals surface area contributed by atoms with Gasteiger partial charge in [0.15, 0.2) is 0 Å². The van der Waals surface area contributed by atoms with Crippen molar-refractivity contribution in [3.05, 3.63) is 98.0 Å². The van der Waals surface area contributed by atoms with Crippen LogP contribution in [0.3, 0.4) is 0 Å². The number of furan rings is 1. The zero-order valence-corrected chi connectivity index (χ0v) is 20.6. The summed E-state index contributed by atoms with van der Waals surface area (Å²) in [5.74, 6) is 1.11. The third-order valence-electron chi connectivity index (χ3n) is 5.81. The lowest BCUT2D eigenvalue weighted by molar-refractivity contribution is 0.0951. The van der Waals surface area contributed by atoms with Gasteiger partial charge in [-0.25, -0.2) is 4.99 Å². The summed E-state index contributed by atoms with van der Waals surface area (Å²) in [4.78, 5) is 19.2. The van der Waals surface area contributed by atoms with Gasteiger partial charge >= 0.3 is 0 Å². The molecule has 0 aliphatic heterocycles. The van der Waals surface area contributed by atoms with E-state index in [9.17, 15) is 4.79 Å². The molecule has 5 rings (SSSR count). The molecule has 2 aromatic heterocycles. The molecule has 1 aliphatic rings. The third kappa shape index (κ3) is 4.97. The van der Waals surface area contributed by atoms with E-state index in [4.69, 9.17) is 27.6 Å². The van der Waals surface area contributed by atoms with E-state index in [1.165, 1.54) is 4.88 Å². The van der Waals surface area contributed by atoms with E-state index in [0.717, 1.165) is 47.4 Å². The molecule has 2 aromatic carbocycles. The number of hydrogen-bond acceptors (Lipinski definition) is 4. The summed E-state index contributed by atoms with van der Waals surface area (Å²) in [6, 6.07) is 18.8. The van der Waals surface area contributed by atoms with Gasteiger partial charge in [-0.05, 0) is 67.1 Å². The second kappa shape index (κ2) is 10.2. The summed E-state index contributed by atoms with van der Waals surface area (Å²) in [6.45, 7) is 0.482. The lowest BCUT2D eigenvalue weighted by Gasteiger charge is -2.12. The predicted octanol–water partition coefficient (Wildman–Crippen LogP) is 7.87. The molecular formula is C27H22Cl2N2O2S. The molecule has 172 valence electrons. The van der Waals surface area contributed by atoms with Crippen LogP contribution in [0, 0.1) is 0 Å². The Labute approximate surface area is 212 Å². The molecule has 1 N–H and O–H groups in total. The zero-order valence-electron chi connectivity index (χ0n) is 18.3. The highest BCUT2D eigenvalue weighted by molar-refractivity contribution is 7.16. The van der Waals surface area contributed by atoms with Crippen molar-refractivity contribution in [3.63, 3.8) is 0 Å². The van der Waals surface area contributed by atoms with Gasteiger partial charge in [0.05, 0.1) is 16.8 Å². The second-order valence-corrected chi connectivity index (χ2v) is 10.1. The van der Waals surface area contributed by atoms with Crippen molar-refractivity contribution in [2.75, 3.05) is 0 Å². The average Bonchev–Trinajstić information content (AvgIpc) is 3.48. The van der Waals surface area contributed by atoms with Crippen LogP contribution in [0.4, 0.5) is 5.00 Å². The van der Waals surface area contributed by atoms with Gasteiger partial charge in [-0.2, -0.15) is 0 Å². The van der Waals surface area contributed by atoms with Gasteiger partial charge in [0, 0.05) is 22.0 Å². The fourth-order valence-corrected chi connectivity index (χ4v) is 5.73. The fourth-order valence-electron chi connectivity index (χ4n) is 4.12. The van der Waals surface area contributed by atoms with Crippen LogP contribution in [0.15, 0.2) is 70.1 Å². The molecule has 34 heavy (non-hydrogen) atoms. The van der Waals surface area contributed by atoms with Crippen LogP contribution >= 0.6 is 34.5 Å². The summed E-state index contributed by atoms with van der Waals surface area (Å²) in [5.41, 5.74) is 3.62. The molecule has 0 bridgehead atoms. The molecule has 0 saturated carbocycles. The maximum absolute atomic E-state index is 13.2. The van der Waals surface area contributed by atoms with Gasteiger partial charge in [0.1, 0.15) is 16.5 Å². The highest BCUT2D eigenvalue weighted by Gasteiger charge is 2.25. The molecule has 0 atom stereocenters. The van der Waals surface area contributed by atoms with Crippen molar-refractivity contribution < 1.29 is 9.21 Å². The molecule has 4 aromatic rings. The number of fused-ring (bicyclic) bond motifs is 1. The molecule has 4 nitrogen and oxygen atoms in total. The van der Waals surface area contributed by atoms with Gasteiger partial charge in [0.2, 0.25) is 0 Å². The van der Waals surface area contributed by atoms with E-state index in [2.05, 4.69) is 10.3 Å². The Balaban J connectivity index is 1.40. The standard InChI is InChI=1S/C27H22Cl2N2O2S/c28-18-10-12-22(29)21(14-18)23-13-11-19(33-23)16-31-27-25(20-8-4-5-9-24(20)34-27)26(32)30-15-17-6-2-1-3-7-17/h1-3,6-7,10-14,16H,4-5,8-9,15H2,(H,30,32)/b31-16-. The quantitative estimate of drug-likeness (QED) is 0.269. The Morgan fingerprint density at radius 1 is 1.06 bits per heavy atom. The van der Waals surface area contributed by atoms with Gasteiger partial charge in [-0.3, -0.25) is 4.79 Å². The van der Waals surface area contributed by atoms with Gasteiger partial charge in [-0.15, -0.1) is 11.3 Å². The number of hydrogen-bond donors (Lipinski definition) is 1. The first-order valence-electron chi connectivity index (χ1n) is 11.1. The molecule has 1 aliphatic carbocycles. The lowest BCUT2D eigenvalue weighted by Crippen LogP contribution is -2.24. The van der Waals surface area contributed by atoms with Crippen molar-refractivity contribution in [3.8, 4) is 11.3 Å². The molecule has 0 fully saturated rings. The molecule has 0 spiro atoms. The van der Waals surface area contributed by atoms with Crippen LogP contribution < -0.4 is 5.32 Å². The minimum absolute atomic E-state index is 0.0822. The summed E-state index contributed by atoms with van der Waals surface area (Å²) in [7, 11) is 0. The van der Waals surface area contributed by atoms with Crippen molar-refractivity contribution in [2.24, 2.45) is 4.99 Å². The molecule has 7 heteroatoms. The minimum Gasteiger partial charge on any atom is -0.455 e. The molecule has 2 heterocycles. The van der Waals surface area contributed by atoms with Crippen molar-refractivity contribution in [1.82, 2.24) is 5.32 Å². The molecule has 0 unspecified atom stereocenters. The number of aliphatic imine (C=N–C) groups is 1. The Bertz CT molecular complexity index is 1360. The Morgan fingerprint density at radius 3 is 2.74 bits per heavy atom. The molecule has 0 radical (unpaired) electrons. The van der Waals surface area contributed by atoms with E-state index >= 15 is 0 Å². The minimum atomic E-state index is -0.0822. The first kappa shape index (κ1) is 22.9. The lowest BCUT2D eigenvalue weighted by atomic mass is 9.95. The van der Waals surface area contributed by atoms with Gasteiger partial charge in [-0.1, -0.05) is 53.5 Å². The Kier molecular flexibility index (Phi) is 6.86. The number of carbonyl (C=O) groups excluding carboxylic acids is 1. The second-order valence-electron chi connectivity index (χ2n) is 8.14. The summed E-state index contributed by atoms with van der Waals surface area (Å²) < 4.78 is 5.95. The van der Waals surface area contributed by atoms with Crippen LogP contribution in [0.2, 0.25) is 10.0 Å². The number of benzene rings is 2. The number of nitrogens with one attached hydrogen (secondary N) is 1. The van der Waals surface area contributed by atoms with Crippen LogP contribution in [-0.4, -0.2) is 12.1 Å². The maximum Gasteiger partial charge on any atom is 0.254 e. The highest BCUT2D eigenvalue weighted by atomic mass is 35.5. The van der Waals surface area contributed by atoms with Crippen molar-refractivity contribution in [2.45, 2.75) is 32.2 Å². The number of rotatable bonds is 6. The van der Waals surface area contributed by atoms with Crippen LogP contribution in [0.25, 0.3) is 11.3 Å². The normalized spacial score (nSPS) is 13.2. The van der Waals surface area contributed by atoms with E-state index in [0.29, 0.717) is 33.7 Å². The number of halogens is 2. The van der Waals surface area contributed by atoms with Gasteiger partial charge in [0.25, 0.3) is 5.91 Å². The third-order valence-corrected chi connectivity index (χ3v) is 7.57. The number of amides is 1. The summed E-state index contributed by atoms with van der Waals surface area (Å²) in [5, 5.41) is 4.93. The number of nitrogens with zero attached hydrogens (tertiary/aromatic N) is 1. The Morgan fingerprint density at radius 2 is 1.88 bits per heavy atom. The summed E-state index contributed by atoms with van der Waals surface area (Å²) in [6.07, 6.45) is 5.80. The summed E-state index contributed by atoms with van der Waals surface area (Å²) >= 11 is 14.0. The van der Waals surface area contributed by atoms with E-state index in [1.807, 2.05) is 42.5 Å². The Hall–Kier alpha value is -2.86. The van der Waals surface area contributed by atoms with Crippen molar-refractivity contribution in [1.29, 1.82) is 0 Å². The fraction of sp³-hybridized carbons (Fsp3) is 0.185. The molecule has 1 amide bonds. The number of thiophene rings is 1. The molecular weight excluding hydrogens is 487 g/mol. The largest absolute Gasteiger partial charge is 0.455 e. The maximum atomic E-state index is 13.2. The van der Waals surface area contributed by atoms with Crippen LogP contribution in [0.1, 0.15) is 45.0 Å². The van der Waals surface area contributed by atoms with E-state index in [1.54, 1.807) is 35.8 Å². The van der Waals surface area contributed by atoms with Crippen molar-refractivity contribution >= 4 is 51.7 Å². The number of aryl methyl sites for hydroxylation is 1. The van der Waals surface area contributed by atoms with E-state index in [-0.39, 0.29) is 5.91 Å². The van der Waals surface area contributed by atoms with E-state index < -0.39 is 0 Å².